The zero-order valence-corrected chi connectivity index (χ0v) is 8.80. The molecule has 0 amide bonds. The van der Waals surface area contributed by atoms with Crippen molar-refractivity contribution in [2.75, 3.05) is 13.6 Å². The minimum Gasteiger partial charge on any atom is -0.246 e. The molecule has 0 spiro atoms. The number of nitrogens with one attached hydrogen (secondary N) is 1. The van der Waals surface area contributed by atoms with Gasteiger partial charge in [-0.05, 0) is 6.92 Å². The summed E-state index contributed by atoms with van der Waals surface area (Å²) in [6.07, 6.45) is 4.92. The minimum absolute atomic E-state index is 0.768. The molecule has 0 aromatic heterocycles. The first-order valence-corrected chi connectivity index (χ1v) is 5.17. The first-order chi connectivity index (χ1) is 5.74. The van der Waals surface area contributed by atoms with Crippen molar-refractivity contribution in [3.05, 3.63) is 0 Å². The summed E-state index contributed by atoms with van der Waals surface area (Å²) in [5.74, 6) is 0. The highest BCUT2D eigenvalue weighted by molar-refractivity contribution is 5.38. The lowest BCUT2D eigenvalue weighted by Crippen LogP contribution is -3.14. The monoisotopic (exact) mass is 170 g/mol. The molecule has 3 unspecified atom stereocenters. The summed E-state index contributed by atoms with van der Waals surface area (Å²) < 4.78 is 2.40. The van der Waals surface area contributed by atoms with Crippen LogP contribution in [-0.2, 0) is 0 Å². The molecule has 3 atom stereocenters. The van der Waals surface area contributed by atoms with Crippen LogP contribution in [0.2, 0.25) is 0 Å². The maximum Gasteiger partial charge on any atom is 0.325 e. The zero-order valence-electron chi connectivity index (χ0n) is 8.80. The number of hydrogen-bond donors (Lipinski definition) is 1. The molecule has 1 aliphatic rings. The third kappa shape index (κ3) is 1.53. The molecule has 0 aliphatic carbocycles. The molecule has 0 fully saturated rings. The maximum absolute atomic E-state index is 2.40. The fourth-order valence-corrected chi connectivity index (χ4v) is 2.44. The van der Waals surface area contributed by atoms with Crippen LogP contribution in [0.4, 0.5) is 0 Å². The van der Waals surface area contributed by atoms with E-state index in [1.807, 2.05) is 0 Å². The van der Waals surface area contributed by atoms with E-state index in [9.17, 15) is 0 Å². The summed E-state index contributed by atoms with van der Waals surface area (Å²) >= 11 is 0. The number of quaternary nitrogens is 1. The van der Waals surface area contributed by atoms with Crippen LogP contribution in [0, 0.1) is 0 Å². The van der Waals surface area contributed by atoms with Crippen molar-refractivity contribution in [3.63, 3.8) is 0 Å². The molecule has 70 valence electrons. The van der Waals surface area contributed by atoms with Gasteiger partial charge in [0, 0.05) is 12.8 Å². The SMILES string of the molecule is CCC1C(CC)[NH+](CC)C=[N+]1C. The van der Waals surface area contributed by atoms with Crippen molar-refractivity contribution >= 4 is 6.34 Å². The first kappa shape index (κ1) is 9.72. The predicted octanol–water partition coefficient (Wildman–Crippen LogP) is 0.133. The smallest absolute Gasteiger partial charge is 0.246 e. The van der Waals surface area contributed by atoms with Gasteiger partial charge in [-0.1, -0.05) is 13.8 Å². The van der Waals surface area contributed by atoms with Crippen molar-refractivity contribution in [2.24, 2.45) is 0 Å². The van der Waals surface area contributed by atoms with Crippen molar-refractivity contribution in [3.8, 4) is 0 Å². The lowest BCUT2D eigenvalue weighted by molar-refractivity contribution is -0.821. The standard InChI is InChI=1S/C10H21N2/c1-5-9-10(6-2)12(7-3)8-11(9)4/h8-10H,5-7H2,1-4H3/q+1/p+1. The van der Waals surface area contributed by atoms with E-state index in [0.717, 1.165) is 12.1 Å². The van der Waals surface area contributed by atoms with Gasteiger partial charge < -0.3 is 0 Å². The highest BCUT2D eigenvalue weighted by atomic mass is 15.3. The van der Waals surface area contributed by atoms with Gasteiger partial charge in [-0.3, -0.25) is 0 Å². The van der Waals surface area contributed by atoms with E-state index in [1.54, 1.807) is 4.90 Å². The predicted molar refractivity (Wildman–Crippen MR) is 51.9 cm³/mol. The molecule has 1 aliphatic heterocycles. The van der Waals surface area contributed by atoms with Crippen LogP contribution >= 0.6 is 0 Å². The molecule has 2 nitrogen and oxygen atoms in total. The summed E-state index contributed by atoms with van der Waals surface area (Å²) in [4.78, 5) is 1.65. The zero-order chi connectivity index (χ0) is 9.14. The van der Waals surface area contributed by atoms with Gasteiger partial charge in [-0.2, -0.15) is 4.58 Å². The van der Waals surface area contributed by atoms with E-state index < -0.39 is 0 Å². The Morgan fingerprint density at radius 1 is 1.25 bits per heavy atom. The van der Waals surface area contributed by atoms with Crippen molar-refractivity contribution in [2.45, 2.75) is 45.7 Å². The first-order valence-electron chi connectivity index (χ1n) is 5.17. The van der Waals surface area contributed by atoms with E-state index in [1.165, 1.54) is 19.4 Å². The largest absolute Gasteiger partial charge is 0.325 e. The van der Waals surface area contributed by atoms with E-state index in [4.69, 9.17) is 0 Å². The summed E-state index contributed by atoms with van der Waals surface area (Å²) in [5, 5.41) is 0. The van der Waals surface area contributed by atoms with E-state index >= 15 is 0 Å². The molecule has 12 heavy (non-hydrogen) atoms. The quantitative estimate of drug-likeness (QED) is 0.576. The maximum atomic E-state index is 2.40. The number of rotatable bonds is 3. The van der Waals surface area contributed by atoms with Gasteiger partial charge >= 0.3 is 6.34 Å². The average molecular weight is 170 g/mol. The second-order valence-electron chi connectivity index (χ2n) is 3.71. The van der Waals surface area contributed by atoms with Crippen LogP contribution in [0.1, 0.15) is 33.6 Å². The third-order valence-electron chi connectivity index (χ3n) is 3.10. The van der Waals surface area contributed by atoms with Crippen LogP contribution in [0.15, 0.2) is 0 Å². The number of nitrogens with zero attached hydrogens (tertiary/aromatic N) is 1. The fraction of sp³-hybridized carbons (Fsp3) is 0.900. The van der Waals surface area contributed by atoms with E-state index in [0.29, 0.717) is 0 Å². The molecule has 2 heteroatoms. The Morgan fingerprint density at radius 2 is 1.92 bits per heavy atom. The molecule has 0 saturated carbocycles. The number of likely N-dealkylation sites (N-methyl/N-ethyl adjacent to an activating group) is 2. The van der Waals surface area contributed by atoms with Gasteiger partial charge in [-0.25, -0.2) is 4.90 Å². The Morgan fingerprint density at radius 3 is 2.33 bits per heavy atom. The lowest BCUT2D eigenvalue weighted by atomic mass is 10.0. The molecular formula is C10H22N2+2. The van der Waals surface area contributed by atoms with Gasteiger partial charge in [0.2, 0.25) is 6.04 Å². The topological polar surface area (TPSA) is 7.45 Å². The van der Waals surface area contributed by atoms with Gasteiger partial charge in [0.05, 0.1) is 6.54 Å². The van der Waals surface area contributed by atoms with Crippen molar-refractivity contribution in [1.29, 1.82) is 0 Å². The summed E-state index contributed by atoms with van der Waals surface area (Å²) in [5.41, 5.74) is 0. The second kappa shape index (κ2) is 4.04. The van der Waals surface area contributed by atoms with Crippen molar-refractivity contribution in [1.82, 2.24) is 0 Å². The van der Waals surface area contributed by atoms with Gasteiger partial charge in [0.15, 0.2) is 6.04 Å². The van der Waals surface area contributed by atoms with Gasteiger partial charge in [-0.15, -0.1) is 0 Å². The Labute approximate surface area is 75.9 Å². The Hall–Kier alpha value is -0.370. The fourth-order valence-electron chi connectivity index (χ4n) is 2.44. The molecule has 1 rings (SSSR count). The van der Waals surface area contributed by atoms with Crippen LogP contribution in [-0.4, -0.2) is 36.6 Å². The molecule has 1 N–H and O–H groups in total. The number of hydrogen-bond acceptors (Lipinski definition) is 0. The van der Waals surface area contributed by atoms with Crippen LogP contribution in [0.5, 0.6) is 0 Å². The molecule has 0 saturated heterocycles. The van der Waals surface area contributed by atoms with Crippen LogP contribution < -0.4 is 4.90 Å². The Kier molecular flexibility index (Phi) is 3.27. The molecule has 0 aromatic carbocycles. The van der Waals surface area contributed by atoms with Gasteiger partial charge in [0.1, 0.15) is 7.05 Å². The van der Waals surface area contributed by atoms with Crippen LogP contribution in [0.3, 0.4) is 0 Å². The third-order valence-corrected chi connectivity index (χ3v) is 3.10. The molecule has 0 aromatic rings. The van der Waals surface area contributed by atoms with E-state index in [-0.39, 0.29) is 0 Å². The molecular weight excluding hydrogens is 148 g/mol. The van der Waals surface area contributed by atoms with E-state index in [2.05, 4.69) is 38.7 Å². The molecule has 0 bridgehead atoms. The molecule has 0 radical (unpaired) electrons. The van der Waals surface area contributed by atoms with Crippen molar-refractivity contribution < 1.29 is 9.48 Å². The second-order valence-corrected chi connectivity index (χ2v) is 3.71. The Bertz CT molecular complexity index is 175. The van der Waals surface area contributed by atoms with Crippen LogP contribution in [0.25, 0.3) is 0 Å². The normalized spacial score (nSPS) is 35.3. The highest BCUT2D eigenvalue weighted by Crippen LogP contribution is 2.06. The van der Waals surface area contributed by atoms with Gasteiger partial charge in [0.25, 0.3) is 0 Å². The lowest BCUT2D eigenvalue weighted by Gasteiger charge is -2.16. The Balaban J connectivity index is 2.70. The summed E-state index contributed by atoms with van der Waals surface area (Å²) in [6.45, 7) is 8.08. The summed E-state index contributed by atoms with van der Waals surface area (Å²) in [7, 11) is 2.21. The molecule has 1 heterocycles. The average Bonchev–Trinajstić information content (AvgIpc) is 2.40. The summed E-state index contributed by atoms with van der Waals surface area (Å²) in [6, 6.07) is 1.59. The minimum atomic E-state index is 0.768. The highest BCUT2D eigenvalue weighted by Gasteiger charge is 2.40.